The molecule has 2 aliphatic heterocycles. The van der Waals surface area contributed by atoms with Gasteiger partial charge in [0.1, 0.15) is 12.0 Å². The van der Waals surface area contributed by atoms with Crippen LogP contribution in [0.4, 0.5) is 8.78 Å². The van der Waals surface area contributed by atoms with E-state index in [4.69, 9.17) is 4.74 Å². The van der Waals surface area contributed by atoms with Crippen LogP contribution in [0.1, 0.15) is 59.7 Å². The standard InChI is InChI=1S/C19H19F2N3O3.C2H6/c1-3-27-19(26)17(16-15-6-11(20)7-23(15)9-22-16)24-8-13-12(18(24)25)4-10(2)5-14(13)21;1-2/h4-5,9,11,17H,3,6-8H2,1-2H3;1-2H3. The minimum Gasteiger partial charge on any atom is -0.464 e. The number of fused-ring (bicyclic) bond motifs is 2. The SMILES string of the molecule is CC.CCOC(=O)C(c1ncn2c1CC(F)C2)N1Cc2c(F)cc(C)cc2C1=O. The maximum atomic E-state index is 14.4. The number of carbonyl (C=O) groups excluding carboxylic acids is 2. The summed E-state index contributed by atoms with van der Waals surface area (Å²) in [7, 11) is 0. The molecule has 156 valence electrons. The van der Waals surface area contributed by atoms with Crippen LogP contribution < -0.4 is 0 Å². The molecule has 1 aromatic carbocycles. The van der Waals surface area contributed by atoms with Gasteiger partial charge < -0.3 is 14.2 Å². The number of ether oxygens (including phenoxy) is 1. The van der Waals surface area contributed by atoms with E-state index in [-0.39, 0.29) is 37.2 Å². The molecule has 29 heavy (non-hydrogen) atoms. The predicted octanol–water partition coefficient (Wildman–Crippen LogP) is 3.51. The Morgan fingerprint density at radius 2 is 2.10 bits per heavy atom. The summed E-state index contributed by atoms with van der Waals surface area (Å²) < 4.78 is 35.0. The molecule has 3 heterocycles. The third-order valence-electron chi connectivity index (χ3n) is 5.03. The number of hydrogen-bond acceptors (Lipinski definition) is 4. The number of halogens is 2. The quantitative estimate of drug-likeness (QED) is 0.731. The average Bonchev–Trinajstić information content (AvgIpc) is 3.33. The van der Waals surface area contributed by atoms with Crippen LogP contribution in [0.5, 0.6) is 0 Å². The van der Waals surface area contributed by atoms with Crippen molar-refractivity contribution in [2.45, 2.75) is 59.4 Å². The molecular formula is C21H25F2N3O3. The Morgan fingerprint density at radius 3 is 2.79 bits per heavy atom. The van der Waals surface area contributed by atoms with Gasteiger partial charge in [0.25, 0.3) is 5.91 Å². The lowest BCUT2D eigenvalue weighted by Gasteiger charge is -2.25. The molecular weight excluding hydrogens is 380 g/mol. The molecule has 8 heteroatoms. The van der Waals surface area contributed by atoms with Gasteiger partial charge in [-0.1, -0.05) is 13.8 Å². The van der Waals surface area contributed by atoms with Crippen LogP contribution in [-0.4, -0.2) is 39.1 Å². The Balaban J connectivity index is 0.00000117. The van der Waals surface area contributed by atoms with Crippen molar-refractivity contribution < 1.29 is 23.1 Å². The molecule has 0 aliphatic carbocycles. The predicted molar refractivity (Wildman–Crippen MR) is 103 cm³/mol. The van der Waals surface area contributed by atoms with Gasteiger partial charge in [-0.15, -0.1) is 0 Å². The number of esters is 1. The normalized spacial score (nSPS) is 18.1. The fourth-order valence-corrected chi connectivity index (χ4v) is 3.86. The van der Waals surface area contributed by atoms with Crippen LogP contribution in [0, 0.1) is 12.7 Å². The molecule has 0 N–H and O–H groups in total. The third-order valence-corrected chi connectivity index (χ3v) is 5.03. The van der Waals surface area contributed by atoms with Crippen molar-refractivity contribution in [2.75, 3.05) is 6.61 Å². The largest absolute Gasteiger partial charge is 0.464 e. The summed E-state index contributed by atoms with van der Waals surface area (Å²) in [5.41, 5.74) is 1.98. The highest BCUT2D eigenvalue weighted by Crippen LogP contribution is 2.36. The Hall–Kier alpha value is -2.77. The monoisotopic (exact) mass is 405 g/mol. The summed E-state index contributed by atoms with van der Waals surface area (Å²) in [6.07, 6.45) is 0.527. The maximum Gasteiger partial charge on any atom is 0.335 e. The summed E-state index contributed by atoms with van der Waals surface area (Å²) in [6.45, 7) is 7.59. The molecule has 1 amide bonds. The molecule has 2 atom stereocenters. The molecule has 0 bridgehead atoms. The van der Waals surface area contributed by atoms with Gasteiger partial charge in [0.2, 0.25) is 0 Å². The van der Waals surface area contributed by atoms with E-state index in [1.165, 1.54) is 17.3 Å². The highest BCUT2D eigenvalue weighted by atomic mass is 19.1. The van der Waals surface area contributed by atoms with Crippen molar-refractivity contribution in [1.82, 2.24) is 14.5 Å². The van der Waals surface area contributed by atoms with E-state index in [0.717, 1.165) is 0 Å². The molecule has 6 nitrogen and oxygen atoms in total. The van der Waals surface area contributed by atoms with Crippen molar-refractivity contribution in [3.05, 3.63) is 52.4 Å². The second-order valence-electron chi connectivity index (χ2n) is 6.89. The van der Waals surface area contributed by atoms with Crippen molar-refractivity contribution >= 4 is 11.9 Å². The number of benzene rings is 1. The van der Waals surface area contributed by atoms with E-state index in [2.05, 4.69) is 4.98 Å². The number of imidazole rings is 1. The number of alkyl halides is 1. The smallest absolute Gasteiger partial charge is 0.335 e. The summed E-state index contributed by atoms with van der Waals surface area (Å²) in [6, 6.07) is 1.83. The topological polar surface area (TPSA) is 64.4 Å². The van der Waals surface area contributed by atoms with Gasteiger partial charge >= 0.3 is 5.97 Å². The first-order valence-corrected chi connectivity index (χ1v) is 9.85. The summed E-state index contributed by atoms with van der Waals surface area (Å²) in [5, 5.41) is 0. The molecule has 2 aliphatic rings. The minimum atomic E-state index is -1.13. The van der Waals surface area contributed by atoms with E-state index in [0.29, 0.717) is 17.0 Å². The van der Waals surface area contributed by atoms with Gasteiger partial charge in [-0.25, -0.2) is 18.6 Å². The van der Waals surface area contributed by atoms with Gasteiger partial charge in [-0.3, -0.25) is 4.79 Å². The zero-order chi connectivity index (χ0) is 21.3. The number of hydrogen-bond donors (Lipinski definition) is 0. The highest BCUT2D eigenvalue weighted by molar-refractivity contribution is 6.01. The number of nitrogens with zero attached hydrogens (tertiary/aromatic N) is 3. The van der Waals surface area contributed by atoms with E-state index in [9.17, 15) is 18.4 Å². The van der Waals surface area contributed by atoms with Crippen LogP contribution in [0.15, 0.2) is 18.5 Å². The highest BCUT2D eigenvalue weighted by Gasteiger charge is 2.43. The number of rotatable bonds is 4. The molecule has 2 unspecified atom stereocenters. The van der Waals surface area contributed by atoms with Gasteiger partial charge in [0, 0.05) is 23.2 Å². The van der Waals surface area contributed by atoms with Crippen LogP contribution in [-0.2, 0) is 29.0 Å². The Morgan fingerprint density at radius 1 is 1.38 bits per heavy atom. The summed E-state index contributed by atoms with van der Waals surface area (Å²) in [4.78, 5) is 31.2. The molecule has 0 spiro atoms. The number of aryl methyl sites for hydroxylation is 1. The molecule has 0 fully saturated rings. The summed E-state index contributed by atoms with van der Waals surface area (Å²) >= 11 is 0. The maximum absolute atomic E-state index is 14.4. The van der Waals surface area contributed by atoms with Crippen LogP contribution in [0.2, 0.25) is 0 Å². The first-order chi connectivity index (χ1) is 13.9. The van der Waals surface area contributed by atoms with Gasteiger partial charge in [-0.05, 0) is 31.5 Å². The number of aromatic nitrogens is 2. The molecule has 0 saturated heterocycles. The van der Waals surface area contributed by atoms with E-state index < -0.39 is 29.9 Å². The average molecular weight is 405 g/mol. The van der Waals surface area contributed by atoms with Crippen molar-refractivity contribution in [1.29, 1.82) is 0 Å². The van der Waals surface area contributed by atoms with E-state index in [1.807, 2.05) is 13.8 Å². The van der Waals surface area contributed by atoms with Gasteiger partial charge in [-0.2, -0.15) is 0 Å². The lowest BCUT2D eigenvalue weighted by molar-refractivity contribution is -0.149. The van der Waals surface area contributed by atoms with Gasteiger partial charge in [0.15, 0.2) is 6.04 Å². The Kier molecular flexibility index (Phi) is 6.00. The fourth-order valence-electron chi connectivity index (χ4n) is 3.86. The van der Waals surface area contributed by atoms with Crippen molar-refractivity contribution in [2.24, 2.45) is 0 Å². The van der Waals surface area contributed by atoms with E-state index in [1.54, 1.807) is 24.5 Å². The molecule has 0 radical (unpaired) electrons. The second kappa shape index (κ2) is 8.31. The van der Waals surface area contributed by atoms with E-state index >= 15 is 0 Å². The minimum absolute atomic E-state index is 0.0604. The summed E-state index contributed by atoms with van der Waals surface area (Å²) in [5.74, 6) is -1.59. The van der Waals surface area contributed by atoms with Crippen molar-refractivity contribution in [3.8, 4) is 0 Å². The fraction of sp³-hybridized carbons (Fsp3) is 0.476. The van der Waals surface area contributed by atoms with Crippen LogP contribution in [0.25, 0.3) is 0 Å². The molecule has 4 rings (SSSR count). The lowest BCUT2D eigenvalue weighted by Crippen LogP contribution is -2.36. The second-order valence-corrected chi connectivity index (χ2v) is 6.89. The number of carbonyl (C=O) groups is 2. The van der Waals surface area contributed by atoms with Crippen LogP contribution >= 0.6 is 0 Å². The lowest BCUT2D eigenvalue weighted by atomic mass is 10.1. The van der Waals surface area contributed by atoms with Gasteiger partial charge in [0.05, 0.1) is 31.7 Å². The molecule has 2 aromatic rings. The zero-order valence-corrected chi connectivity index (χ0v) is 17.0. The molecule has 0 saturated carbocycles. The Labute approximate surface area is 168 Å². The Bertz CT molecular complexity index is 941. The zero-order valence-electron chi connectivity index (χ0n) is 17.0. The third kappa shape index (κ3) is 3.63. The van der Waals surface area contributed by atoms with Crippen LogP contribution in [0.3, 0.4) is 0 Å². The van der Waals surface area contributed by atoms with Crippen molar-refractivity contribution in [3.63, 3.8) is 0 Å². The first-order valence-electron chi connectivity index (χ1n) is 9.85. The number of amides is 1. The molecule has 1 aromatic heterocycles. The first kappa shape index (κ1) is 21.0.